The van der Waals surface area contributed by atoms with Crippen molar-refractivity contribution < 1.29 is 18.0 Å². The second-order valence-corrected chi connectivity index (χ2v) is 10.8. The van der Waals surface area contributed by atoms with E-state index >= 15 is 0 Å². The molecule has 1 aliphatic rings. The first kappa shape index (κ1) is 28.1. The summed E-state index contributed by atoms with van der Waals surface area (Å²) in [5, 5.41) is 4.75. The molecule has 0 bridgehead atoms. The molecule has 10 heteroatoms. The van der Waals surface area contributed by atoms with Gasteiger partial charge in [-0.05, 0) is 48.9 Å². The number of aromatic amines is 1. The number of likely N-dealkylation sites (N-methyl/N-ethyl adjacent to an activating group) is 1. The maximum absolute atomic E-state index is 14.0. The summed E-state index contributed by atoms with van der Waals surface area (Å²) in [5.74, 6) is -0.253. The number of halogens is 4. The Labute approximate surface area is 236 Å². The maximum atomic E-state index is 14.0. The Hall–Kier alpha value is -3.40. The van der Waals surface area contributed by atoms with E-state index in [-0.39, 0.29) is 24.3 Å². The quantitative estimate of drug-likeness (QED) is 0.243. The molecule has 0 saturated carbocycles. The van der Waals surface area contributed by atoms with Gasteiger partial charge in [-0.15, -0.1) is 0 Å². The topological polar surface area (TPSA) is 64.3 Å². The summed E-state index contributed by atoms with van der Waals surface area (Å²) in [4.78, 5) is 24.8. The number of piperazine rings is 1. The molecule has 6 nitrogen and oxygen atoms in total. The minimum absolute atomic E-state index is 0.125. The maximum Gasteiger partial charge on any atom is 0.416 e. The second kappa shape index (κ2) is 11.6. The van der Waals surface area contributed by atoms with Gasteiger partial charge in [-0.25, -0.2) is 4.98 Å². The number of carbonyl (C=O) groups excluding carboxylic acids is 1. The third kappa shape index (κ3) is 6.32. The summed E-state index contributed by atoms with van der Waals surface area (Å²) in [6, 6.07) is 11.4. The lowest BCUT2D eigenvalue weighted by molar-refractivity contribution is -0.138. The van der Waals surface area contributed by atoms with Gasteiger partial charge in [0.2, 0.25) is 0 Å². The third-order valence-electron chi connectivity index (χ3n) is 7.46. The number of hydrogen-bond acceptors (Lipinski definition) is 5. The SMILES string of the molecule is Cc1ccc(C(=O)Cc2ccc(CN3CCN(C)CC3)c(C(F)(F)F)c2)cc1NCc1cnc2[nH]ccc2c1Cl. The van der Waals surface area contributed by atoms with Crippen molar-refractivity contribution in [1.82, 2.24) is 19.8 Å². The molecule has 210 valence electrons. The number of nitrogens with zero attached hydrogens (tertiary/aromatic N) is 3. The summed E-state index contributed by atoms with van der Waals surface area (Å²) in [7, 11) is 2.01. The Kier molecular flexibility index (Phi) is 8.16. The zero-order valence-corrected chi connectivity index (χ0v) is 23.2. The Bertz CT molecular complexity index is 1530. The van der Waals surface area contributed by atoms with Crippen LogP contribution in [0.2, 0.25) is 5.02 Å². The standard InChI is InChI=1S/C30H31ClF3N5O/c1-19-3-5-21(15-26(19)36-16-23-17-37-29-24(28(23)31)7-8-35-29)27(40)14-20-4-6-22(25(13-20)30(32,33)34)18-39-11-9-38(2)10-12-39/h3-8,13,15,17,36H,9-12,14,16,18H2,1-2H3,(H,35,37). The number of nitrogens with one attached hydrogen (secondary N) is 2. The highest BCUT2D eigenvalue weighted by molar-refractivity contribution is 6.36. The molecule has 0 atom stereocenters. The van der Waals surface area contributed by atoms with Crippen molar-refractivity contribution in [2.45, 2.75) is 32.6 Å². The molecule has 40 heavy (non-hydrogen) atoms. The average Bonchev–Trinajstić information content (AvgIpc) is 3.40. The van der Waals surface area contributed by atoms with Crippen LogP contribution in [0.3, 0.4) is 0 Å². The first-order valence-corrected chi connectivity index (χ1v) is 13.5. The number of anilines is 1. The Morgan fingerprint density at radius 3 is 2.60 bits per heavy atom. The fraction of sp³-hybridized carbons (Fsp3) is 0.333. The summed E-state index contributed by atoms with van der Waals surface area (Å²) in [6.07, 6.45) is -1.15. The number of carbonyl (C=O) groups is 1. The molecule has 0 unspecified atom stereocenters. The first-order chi connectivity index (χ1) is 19.1. The number of fused-ring (bicyclic) bond motifs is 1. The molecule has 5 rings (SSSR count). The van der Waals surface area contributed by atoms with Gasteiger partial charge < -0.3 is 15.2 Å². The van der Waals surface area contributed by atoms with Gasteiger partial charge in [-0.1, -0.05) is 35.9 Å². The lowest BCUT2D eigenvalue weighted by atomic mass is 9.97. The van der Waals surface area contributed by atoms with Gasteiger partial charge in [0.15, 0.2) is 5.78 Å². The molecular formula is C30H31ClF3N5O. The number of H-pyrrole nitrogens is 1. The van der Waals surface area contributed by atoms with Crippen molar-refractivity contribution in [3.05, 3.63) is 93.3 Å². The van der Waals surface area contributed by atoms with E-state index in [1.54, 1.807) is 30.6 Å². The fourth-order valence-corrected chi connectivity index (χ4v) is 5.25. The largest absolute Gasteiger partial charge is 0.416 e. The van der Waals surface area contributed by atoms with Crippen LogP contribution in [-0.4, -0.2) is 58.8 Å². The molecular weight excluding hydrogens is 539 g/mol. The van der Waals surface area contributed by atoms with E-state index in [0.717, 1.165) is 54.4 Å². The van der Waals surface area contributed by atoms with E-state index in [2.05, 4.69) is 20.2 Å². The van der Waals surface area contributed by atoms with Crippen LogP contribution in [0.1, 0.15) is 38.2 Å². The van der Waals surface area contributed by atoms with E-state index < -0.39 is 11.7 Å². The molecule has 0 aliphatic carbocycles. The zero-order valence-electron chi connectivity index (χ0n) is 22.4. The van der Waals surface area contributed by atoms with Crippen LogP contribution in [0, 0.1) is 6.92 Å². The van der Waals surface area contributed by atoms with Gasteiger partial charge in [0.25, 0.3) is 0 Å². The molecule has 2 aromatic carbocycles. The number of ketones is 1. The number of Topliss-reactive ketones (excluding diaryl/α,β-unsaturated/α-hetero) is 1. The predicted molar refractivity (Wildman–Crippen MR) is 152 cm³/mol. The van der Waals surface area contributed by atoms with Gasteiger partial charge in [0.1, 0.15) is 5.65 Å². The van der Waals surface area contributed by atoms with Gasteiger partial charge in [-0.2, -0.15) is 13.2 Å². The van der Waals surface area contributed by atoms with Crippen molar-refractivity contribution >= 4 is 34.1 Å². The predicted octanol–water partition coefficient (Wildman–Crippen LogP) is 6.33. The van der Waals surface area contributed by atoms with Crippen LogP contribution in [0.15, 0.2) is 54.9 Å². The second-order valence-electron chi connectivity index (χ2n) is 10.4. The lowest BCUT2D eigenvalue weighted by Crippen LogP contribution is -2.44. The summed E-state index contributed by atoms with van der Waals surface area (Å²) in [5.41, 5.74) is 3.51. The highest BCUT2D eigenvalue weighted by atomic mass is 35.5. The minimum Gasteiger partial charge on any atom is -0.381 e. The molecule has 2 N–H and O–H groups in total. The van der Waals surface area contributed by atoms with Crippen LogP contribution in [0.4, 0.5) is 18.9 Å². The van der Waals surface area contributed by atoms with Crippen molar-refractivity contribution in [3.8, 4) is 0 Å². The first-order valence-electron chi connectivity index (χ1n) is 13.2. The van der Waals surface area contributed by atoms with E-state index in [9.17, 15) is 18.0 Å². The molecule has 1 saturated heterocycles. The van der Waals surface area contributed by atoms with Gasteiger partial charge in [0, 0.05) is 80.3 Å². The summed E-state index contributed by atoms with van der Waals surface area (Å²) in [6.45, 7) is 5.65. The zero-order chi connectivity index (χ0) is 28.4. The summed E-state index contributed by atoms with van der Waals surface area (Å²) < 4.78 is 42.0. The van der Waals surface area contributed by atoms with E-state index in [4.69, 9.17) is 11.6 Å². The van der Waals surface area contributed by atoms with Crippen LogP contribution < -0.4 is 5.32 Å². The molecule has 3 heterocycles. The lowest BCUT2D eigenvalue weighted by Gasteiger charge is -2.33. The summed E-state index contributed by atoms with van der Waals surface area (Å²) >= 11 is 6.54. The number of aromatic nitrogens is 2. The molecule has 0 spiro atoms. The van der Waals surface area contributed by atoms with Crippen molar-refractivity contribution in [2.75, 3.05) is 38.5 Å². The molecule has 0 amide bonds. The van der Waals surface area contributed by atoms with Crippen LogP contribution in [0.25, 0.3) is 11.0 Å². The number of pyridine rings is 1. The van der Waals surface area contributed by atoms with Crippen LogP contribution in [-0.2, 0) is 25.7 Å². The van der Waals surface area contributed by atoms with Crippen molar-refractivity contribution in [1.29, 1.82) is 0 Å². The Morgan fingerprint density at radius 1 is 1.07 bits per heavy atom. The average molecular weight is 570 g/mol. The van der Waals surface area contributed by atoms with Gasteiger partial charge in [-0.3, -0.25) is 9.69 Å². The number of hydrogen-bond donors (Lipinski definition) is 2. The van der Waals surface area contributed by atoms with Crippen molar-refractivity contribution in [2.24, 2.45) is 0 Å². The van der Waals surface area contributed by atoms with Crippen LogP contribution >= 0.6 is 11.6 Å². The Morgan fingerprint density at radius 2 is 1.85 bits per heavy atom. The monoisotopic (exact) mass is 569 g/mol. The van der Waals surface area contributed by atoms with Gasteiger partial charge in [0.05, 0.1) is 10.6 Å². The third-order valence-corrected chi connectivity index (χ3v) is 7.90. The number of rotatable bonds is 8. The molecule has 1 fully saturated rings. The molecule has 0 radical (unpaired) electrons. The normalized spacial score (nSPS) is 15.1. The van der Waals surface area contributed by atoms with Crippen LogP contribution in [0.5, 0.6) is 0 Å². The minimum atomic E-state index is -4.50. The highest BCUT2D eigenvalue weighted by Gasteiger charge is 2.34. The van der Waals surface area contributed by atoms with Gasteiger partial charge >= 0.3 is 6.18 Å². The number of alkyl halides is 3. The van der Waals surface area contributed by atoms with E-state index in [1.807, 2.05) is 31.0 Å². The molecule has 2 aromatic heterocycles. The van der Waals surface area contributed by atoms with E-state index in [0.29, 0.717) is 28.3 Å². The highest BCUT2D eigenvalue weighted by Crippen LogP contribution is 2.34. The fourth-order valence-electron chi connectivity index (χ4n) is 4.99. The Balaban J connectivity index is 1.30. The van der Waals surface area contributed by atoms with Crippen molar-refractivity contribution in [3.63, 3.8) is 0 Å². The smallest absolute Gasteiger partial charge is 0.381 e. The van der Waals surface area contributed by atoms with E-state index in [1.165, 1.54) is 6.07 Å². The number of benzene rings is 2. The molecule has 1 aliphatic heterocycles. The number of aryl methyl sites for hydroxylation is 1. The molecule has 4 aromatic rings.